The van der Waals surface area contributed by atoms with Gasteiger partial charge in [0.15, 0.2) is 18.1 Å². The van der Waals surface area contributed by atoms with Crippen LogP contribution in [0.5, 0.6) is 11.5 Å². The molecule has 10 heteroatoms. The van der Waals surface area contributed by atoms with Gasteiger partial charge in [-0.05, 0) is 43.7 Å². The molecule has 3 amide bonds. The lowest BCUT2D eigenvalue weighted by Gasteiger charge is -2.27. The number of carbonyl (C=O) groups is 3. The number of amidine groups is 1. The topological polar surface area (TPSA) is 121 Å². The standard InChI is InChI=1S/C23H27N5O5/c1-4-24-20(29)14-33-18-10-7-16(11-19(18)32-3)12-26-23(31)22-25-13-21(30)28(27-22)17-8-5-15(2)6-9-17/h5-11H,4,12-14H2,1-3H3,(H,24,29)(H,25,27)(H,26,31). The number of amides is 3. The van der Waals surface area contributed by atoms with Crippen molar-refractivity contribution in [2.45, 2.75) is 20.4 Å². The van der Waals surface area contributed by atoms with Crippen molar-refractivity contribution in [3.8, 4) is 11.5 Å². The van der Waals surface area contributed by atoms with Gasteiger partial charge in [0.25, 0.3) is 17.7 Å². The van der Waals surface area contributed by atoms with Crippen LogP contribution in [0.2, 0.25) is 0 Å². The van der Waals surface area contributed by atoms with E-state index in [-0.39, 0.29) is 37.3 Å². The molecule has 0 fully saturated rings. The molecular weight excluding hydrogens is 426 g/mol. The molecule has 0 saturated carbocycles. The number of benzene rings is 2. The fourth-order valence-electron chi connectivity index (χ4n) is 3.04. The van der Waals surface area contributed by atoms with Gasteiger partial charge in [-0.25, -0.2) is 5.01 Å². The third kappa shape index (κ3) is 6.22. The smallest absolute Gasteiger partial charge is 0.288 e. The van der Waals surface area contributed by atoms with E-state index >= 15 is 0 Å². The Kier molecular flexibility index (Phi) is 7.85. The summed E-state index contributed by atoms with van der Waals surface area (Å²) in [4.78, 5) is 40.5. The first-order valence-electron chi connectivity index (χ1n) is 10.5. The number of anilines is 1. The summed E-state index contributed by atoms with van der Waals surface area (Å²) in [6.45, 7) is 4.25. The number of nitrogens with one attached hydrogen (secondary N) is 3. The maximum Gasteiger partial charge on any atom is 0.288 e. The highest BCUT2D eigenvalue weighted by Gasteiger charge is 2.25. The average Bonchev–Trinajstić information content (AvgIpc) is 2.82. The lowest BCUT2D eigenvalue weighted by atomic mass is 10.2. The summed E-state index contributed by atoms with van der Waals surface area (Å²) in [5, 5.41) is 6.74. The van der Waals surface area contributed by atoms with E-state index in [1.807, 2.05) is 26.0 Å². The molecule has 3 N–H and O–H groups in total. The van der Waals surface area contributed by atoms with E-state index in [9.17, 15) is 14.4 Å². The van der Waals surface area contributed by atoms with Crippen molar-refractivity contribution in [2.75, 3.05) is 31.8 Å². The summed E-state index contributed by atoms with van der Waals surface area (Å²) >= 11 is 0. The molecule has 0 atom stereocenters. The maximum absolute atomic E-state index is 12.6. The number of methoxy groups -OCH3 is 1. The second-order valence-corrected chi connectivity index (χ2v) is 7.25. The van der Waals surface area contributed by atoms with Crippen LogP contribution in [0, 0.1) is 6.92 Å². The molecule has 1 heterocycles. The van der Waals surface area contributed by atoms with Crippen LogP contribution >= 0.6 is 0 Å². The molecule has 0 radical (unpaired) electrons. The van der Waals surface area contributed by atoms with Crippen molar-refractivity contribution in [1.82, 2.24) is 16.1 Å². The molecular formula is C23H27N5O5. The summed E-state index contributed by atoms with van der Waals surface area (Å²) in [7, 11) is 1.49. The number of hydrazine groups is 1. The minimum Gasteiger partial charge on any atom is -0.493 e. The number of nitrogens with zero attached hydrogens (tertiary/aromatic N) is 2. The Labute approximate surface area is 191 Å². The molecule has 0 bridgehead atoms. The fourth-order valence-corrected chi connectivity index (χ4v) is 3.04. The molecule has 33 heavy (non-hydrogen) atoms. The Morgan fingerprint density at radius 1 is 1.12 bits per heavy atom. The minimum atomic E-state index is -0.449. The first-order chi connectivity index (χ1) is 15.9. The molecule has 1 aliphatic rings. The molecule has 174 valence electrons. The maximum atomic E-state index is 12.6. The van der Waals surface area contributed by atoms with Gasteiger partial charge in [0.05, 0.1) is 12.8 Å². The second-order valence-electron chi connectivity index (χ2n) is 7.25. The van der Waals surface area contributed by atoms with Crippen molar-refractivity contribution in [3.05, 3.63) is 53.6 Å². The summed E-state index contributed by atoms with van der Waals surface area (Å²) in [5.41, 5.74) is 5.23. The third-order valence-electron chi connectivity index (χ3n) is 4.76. The van der Waals surface area contributed by atoms with E-state index in [0.717, 1.165) is 11.1 Å². The predicted molar refractivity (Wildman–Crippen MR) is 123 cm³/mol. The zero-order valence-electron chi connectivity index (χ0n) is 18.8. The van der Waals surface area contributed by atoms with Crippen LogP contribution in [0.4, 0.5) is 5.69 Å². The second kappa shape index (κ2) is 11.0. The summed E-state index contributed by atoms with van der Waals surface area (Å²) in [5.74, 6) is -0.0305. The predicted octanol–water partition coefficient (Wildman–Crippen LogP) is 1.08. The Hall–Kier alpha value is -4.08. The zero-order chi connectivity index (χ0) is 23.8. The lowest BCUT2D eigenvalue weighted by Crippen LogP contribution is -2.55. The van der Waals surface area contributed by atoms with Crippen LogP contribution in [0.25, 0.3) is 0 Å². The monoisotopic (exact) mass is 453 g/mol. The number of aliphatic imine (C=N–C) groups is 1. The van der Waals surface area contributed by atoms with E-state index in [1.165, 1.54) is 12.1 Å². The van der Waals surface area contributed by atoms with Crippen molar-refractivity contribution in [2.24, 2.45) is 4.99 Å². The molecule has 1 aliphatic heterocycles. The Bertz CT molecular complexity index is 1050. The van der Waals surface area contributed by atoms with Crippen LogP contribution in [-0.2, 0) is 20.9 Å². The van der Waals surface area contributed by atoms with Gasteiger partial charge < -0.3 is 20.1 Å². The van der Waals surface area contributed by atoms with Crippen LogP contribution in [0.3, 0.4) is 0 Å². The number of likely N-dealkylation sites (N-methyl/N-ethyl adjacent to an activating group) is 1. The van der Waals surface area contributed by atoms with Crippen molar-refractivity contribution >= 4 is 29.2 Å². The third-order valence-corrected chi connectivity index (χ3v) is 4.76. The SMILES string of the molecule is CCNC(=O)COc1ccc(CNC(=O)C2=NCC(=O)N(c3ccc(C)cc3)N2)cc1OC. The van der Waals surface area contributed by atoms with Gasteiger partial charge in [-0.1, -0.05) is 23.8 Å². The highest BCUT2D eigenvalue weighted by molar-refractivity contribution is 6.39. The molecule has 0 unspecified atom stereocenters. The number of hydrogen-bond donors (Lipinski definition) is 3. The van der Waals surface area contributed by atoms with Crippen molar-refractivity contribution < 1.29 is 23.9 Å². The van der Waals surface area contributed by atoms with Crippen LogP contribution in [0.15, 0.2) is 47.5 Å². The molecule has 3 rings (SSSR count). The van der Waals surface area contributed by atoms with Gasteiger partial charge in [0.1, 0.15) is 6.54 Å². The molecule has 0 spiro atoms. The lowest BCUT2D eigenvalue weighted by molar-refractivity contribution is -0.123. The summed E-state index contributed by atoms with van der Waals surface area (Å²) in [6.07, 6.45) is 0. The Morgan fingerprint density at radius 2 is 1.88 bits per heavy atom. The zero-order valence-corrected chi connectivity index (χ0v) is 18.8. The number of carbonyl (C=O) groups excluding carboxylic acids is 3. The average molecular weight is 453 g/mol. The van der Waals surface area contributed by atoms with E-state index in [0.29, 0.717) is 23.7 Å². The van der Waals surface area contributed by atoms with Gasteiger partial charge >= 0.3 is 0 Å². The number of rotatable bonds is 9. The highest BCUT2D eigenvalue weighted by atomic mass is 16.5. The number of hydrogen-bond acceptors (Lipinski definition) is 7. The van der Waals surface area contributed by atoms with E-state index in [1.54, 1.807) is 30.3 Å². The molecule has 2 aromatic carbocycles. The molecule has 0 aromatic heterocycles. The number of ether oxygens (including phenoxy) is 2. The molecule has 10 nitrogen and oxygen atoms in total. The van der Waals surface area contributed by atoms with Gasteiger partial charge in [0, 0.05) is 13.1 Å². The molecule has 0 saturated heterocycles. The number of aryl methyl sites for hydroxylation is 1. The molecule has 0 aliphatic carbocycles. The van der Waals surface area contributed by atoms with Gasteiger partial charge in [-0.15, -0.1) is 0 Å². The van der Waals surface area contributed by atoms with Crippen molar-refractivity contribution in [3.63, 3.8) is 0 Å². The van der Waals surface area contributed by atoms with Gasteiger partial charge in [-0.3, -0.25) is 24.8 Å². The van der Waals surface area contributed by atoms with E-state index in [2.05, 4.69) is 21.1 Å². The Morgan fingerprint density at radius 3 is 2.58 bits per heavy atom. The highest BCUT2D eigenvalue weighted by Crippen LogP contribution is 2.28. The van der Waals surface area contributed by atoms with Gasteiger partial charge in [-0.2, -0.15) is 0 Å². The Balaban J connectivity index is 1.60. The van der Waals surface area contributed by atoms with Crippen molar-refractivity contribution in [1.29, 1.82) is 0 Å². The van der Waals surface area contributed by atoms with Crippen LogP contribution < -0.4 is 30.5 Å². The van der Waals surface area contributed by atoms with E-state index < -0.39 is 5.91 Å². The first kappa shape index (κ1) is 23.6. The molecule has 2 aromatic rings. The van der Waals surface area contributed by atoms with Crippen LogP contribution in [-0.4, -0.2) is 50.4 Å². The quantitative estimate of drug-likeness (QED) is 0.523. The first-order valence-corrected chi connectivity index (χ1v) is 10.5. The van der Waals surface area contributed by atoms with E-state index in [4.69, 9.17) is 9.47 Å². The van der Waals surface area contributed by atoms with Gasteiger partial charge in [0.2, 0.25) is 5.84 Å². The minimum absolute atomic E-state index is 0.0454. The fraction of sp³-hybridized carbons (Fsp3) is 0.304. The summed E-state index contributed by atoms with van der Waals surface area (Å²) < 4.78 is 10.8. The largest absolute Gasteiger partial charge is 0.493 e. The van der Waals surface area contributed by atoms with Crippen LogP contribution in [0.1, 0.15) is 18.1 Å². The normalized spacial score (nSPS) is 13.0. The summed E-state index contributed by atoms with van der Waals surface area (Å²) in [6, 6.07) is 12.5.